The molecule has 0 bridgehead atoms. The van der Waals surface area contributed by atoms with Gasteiger partial charge in [0.15, 0.2) is 0 Å². The number of rotatable bonds is 4. The van der Waals surface area contributed by atoms with E-state index in [9.17, 15) is 30.3 Å². The molecule has 1 heterocycles. The number of aliphatic carboxylic acids is 1. The lowest BCUT2D eigenvalue weighted by Gasteiger charge is -2.42. The van der Waals surface area contributed by atoms with Crippen LogP contribution in [0.15, 0.2) is 0 Å². The summed E-state index contributed by atoms with van der Waals surface area (Å²) in [4.78, 5) is 10.8. The van der Waals surface area contributed by atoms with Crippen LogP contribution in [0.5, 0.6) is 0 Å². The van der Waals surface area contributed by atoms with Crippen LogP contribution in [0, 0.1) is 0 Å². The van der Waals surface area contributed by atoms with Gasteiger partial charge >= 0.3 is 5.97 Å². The van der Waals surface area contributed by atoms with Crippen molar-refractivity contribution < 1.29 is 45.3 Å². The van der Waals surface area contributed by atoms with Gasteiger partial charge in [0.1, 0.15) is 24.4 Å². The van der Waals surface area contributed by atoms with E-state index in [1.165, 1.54) is 0 Å². The molecule has 0 unspecified atom stereocenters. The second-order valence-corrected chi connectivity index (χ2v) is 4.17. The van der Waals surface area contributed by atoms with Crippen LogP contribution in [0.4, 0.5) is 0 Å². The predicted molar refractivity (Wildman–Crippen MR) is 53.2 cm³/mol. The van der Waals surface area contributed by atoms with Crippen LogP contribution in [0.2, 0.25) is 0 Å². The van der Waals surface area contributed by atoms with E-state index in [4.69, 9.17) is 10.2 Å². The highest BCUT2D eigenvalue weighted by Crippen LogP contribution is 2.30. The van der Waals surface area contributed by atoms with E-state index in [0.717, 1.165) is 0 Å². The van der Waals surface area contributed by atoms with E-state index < -0.39 is 55.3 Å². The number of ether oxygens (including phenoxy) is 1. The number of aliphatic hydroxyl groups is 6. The van der Waals surface area contributed by atoms with Crippen molar-refractivity contribution in [2.75, 3.05) is 6.61 Å². The Morgan fingerprint density at radius 3 is 2.39 bits per heavy atom. The summed E-state index contributed by atoms with van der Waals surface area (Å²) in [5.41, 5.74) is 0. The minimum Gasteiger partial charge on any atom is -0.477 e. The molecule has 6 atom stereocenters. The number of hydrogen-bond acceptors (Lipinski definition) is 8. The minimum absolute atomic E-state index is 0.790. The zero-order valence-corrected chi connectivity index (χ0v) is 9.25. The van der Waals surface area contributed by atoms with Crippen LogP contribution in [-0.2, 0) is 9.53 Å². The standard InChI is InChI=1S/C9H16O9/c10-2-4(12)6(14)7-5(13)3(11)1-9(17,18-7)8(15)16/h3-7,10-14,17H,1-2H2,(H,15,16)/t3-,4-,5-,6-,7+,9-/m1/s1. The molecule has 1 rings (SSSR count). The van der Waals surface area contributed by atoms with Gasteiger partial charge in [-0.15, -0.1) is 0 Å². The number of carboxylic acids is 1. The van der Waals surface area contributed by atoms with Crippen LogP contribution in [-0.4, -0.2) is 84.6 Å². The third kappa shape index (κ3) is 2.78. The predicted octanol–water partition coefficient (Wildman–Crippen LogP) is -4.02. The summed E-state index contributed by atoms with van der Waals surface area (Å²) in [6, 6.07) is 0. The van der Waals surface area contributed by atoms with Gasteiger partial charge in [0.25, 0.3) is 5.79 Å². The van der Waals surface area contributed by atoms with Crippen LogP contribution < -0.4 is 0 Å². The zero-order chi connectivity index (χ0) is 14.1. The van der Waals surface area contributed by atoms with E-state index >= 15 is 0 Å². The van der Waals surface area contributed by atoms with Crippen molar-refractivity contribution >= 4 is 5.97 Å². The third-order valence-electron chi connectivity index (χ3n) is 2.80. The van der Waals surface area contributed by atoms with Gasteiger partial charge < -0.3 is 40.5 Å². The molecule has 0 amide bonds. The molecule has 18 heavy (non-hydrogen) atoms. The monoisotopic (exact) mass is 268 g/mol. The van der Waals surface area contributed by atoms with Crippen LogP contribution in [0.3, 0.4) is 0 Å². The molecule has 1 aliphatic heterocycles. The molecule has 0 aliphatic carbocycles. The molecule has 9 heteroatoms. The Labute approximate surface area is 101 Å². The molecule has 0 saturated carbocycles. The van der Waals surface area contributed by atoms with Crippen molar-refractivity contribution in [3.8, 4) is 0 Å². The molecule has 106 valence electrons. The summed E-state index contributed by atoms with van der Waals surface area (Å²) >= 11 is 0. The zero-order valence-electron chi connectivity index (χ0n) is 9.25. The summed E-state index contributed by atoms with van der Waals surface area (Å²) in [7, 11) is 0. The molecular weight excluding hydrogens is 252 g/mol. The van der Waals surface area contributed by atoms with Gasteiger partial charge in [0, 0.05) is 6.42 Å². The summed E-state index contributed by atoms with van der Waals surface area (Å²) in [5.74, 6) is -4.58. The highest BCUT2D eigenvalue weighted by Gasteiger charge is 2.53. The van der Waals surface area contributed by atoms with Crippen LogP contribution in [0.25, 0.3) is 0 Å². The maximum Gasteiger partial charge on any atom is 0.364 e. The number of aliphatic hydroxyl groups excluding tert-OH is 5. The molecule has 0 aromatic carbocycles. The molecule has 1 fully saturated rings. The maximum absolute atomic E-state index is 10.8. The van der Waals surface area contributed by atoms with Crippen molar-refractivity contribution in [1.29, 1.82) is 0 Å². The lowest BCUT2D eigenvalue weighted by Crippen LogP contribution is -2.63. The second-order valence-electron chi connectivity index (χ2n) is 4.17. The first-order valence-corrected chi connectivity index (χ1v) is 5.19. The van der Waals surface area contributed by atoms with Crippen LogP contribution >= 0.6 is 0 Å². The first-order chi connectivity index (χ1) is 8.23. The number of hydrogen-bond donors (Lipinski definition) is 7. The molecule has 1 saturated heterocycles. The Morgan fingerprint density at radius 2 is 1.94 bits per heavy atom. The van der Waals surface area contributed by atoms with Gasteiger partial charge in [-0.25, -0.2) is 4.79 Å². The molecule has 0 radical (unpaired) electrons. The summed E-state index contributed by atoms with van der Waals surface area (Å²) < 4.78 is 4.63. The number of carbonyl (C=O) groups is 1. The topological polar surface area (TPSA) is 168 Å². The largest absolute Gasteiger partial charge is 0.477 e. The van der Waals surface area contributed by atoms with Gasteiger partial charge in [-0.05, 0) is 0 Å². The molecular formula is C9H16O9. The van der Waals surface area contributed by atoms with Gasteiger partial charge in [-0.3, -0.25) is 0 Å². The fourth-order valence-corrected chi connectivity index (χ4v) is 1.70. The van der Waals surface area contributed by atoms with Gasteiger partial charge in [0.05, 0.1) is 12.7 Å². The minimum atomic E-state index is -2.78. The van der Waals surface area contributed by atoms with Gasteiger partial charge in [-0.1, -0.05) is 0 Å². The molecule has 1 aliphatic rings. The Kier molecular flexibility index (Phi) is 4.61. The first kappa shape index (κ1) is 15.2. The Morgan fingerprint density at radius 1 is 1.39 bits per heavy atom. The van der Waals surface area contributed by atoms with Crippen LogP contribution in [0.1, 0.15) is 6.42 Å². The highest BCUT2D eigenvalue weighted by molar-refractivity contribution is 5.75. The molecule has 0 spiro atoms. The third-order valence-corrected chi connectivity index (χ3v) is 2.80. The fraction of sp³-hybridized carbons (Fsp3) is 0.889. The Balaban J connectivity index is 2.92. The van der Waals surface area contributed by atoms with Crippen molar-refractivity contribution in [2.45, 2.75) is 42.7 Å². The van der Waals surface area contributed by atoms with Crippen molar-refractivity contribution in [3.63, 3.8) is 0 Å². The maximum atomic E-state index is 10.8. The summed E-state index contributed by atoms with van der Waals surface area (Å²) in [6.07, 6.45) is -9.50. The van der Waals surface area contributed by atoms with E-state index in [1.54, 1.807) is 0 Å². The quantitative estimate of drug-likeness (QED) is 0.268. The second kappa shape index (κ2) is 5.45. The Hall–Kier alpha value is -0.810. The fourth-order valence-electron chi connectivity index (χ4n) is 1.70. The average molecular weight is 268 g/mol. The van der Waals surface area contributed by atoms with E-state index in [-0.39, 0.29) is 0 Å². The first-order valence-electron chi connectivity index (χ1n) is 5.19. The van der Waals surface area contributed by atoms with Gasteiger partial charge in [0.2, 0.25) is 0 Å². The summed E-state index contributed by atoms with van der Waals surface area (Å²) in [6.45, 7) is -0.866. The molecule has 0 aromatic heterocycles. The normalized spacial score (nSPS) is 40.2. The Bertz CT molecular complexity index is 308. The molecule has 7 N–H and O–H groups in total. The lowest BCUT2D eigenvalue weighted by molar-refractivity contribution is -0.312. The summed E-state index contributed by atoms with van der Waals surface area (Å²) in [5, 5.41) is 64.6. The number of carboxylic acid groups (broad SMARTS) is 1. The smallest absolute Gasteiger partial charge is 0.364 e. The van der Waals surface area contributed by atoms with E-state index in [1.807, 2.05) is 0 Å². The van der Waals surface area contributed by atoms with Crippen molar-refractivity contribution in [3.05, 3.63) is 0 Å². The lowest BCUT2D eigenvalue weighted by atomic mass is 9.91. The molecule has 9 nitrogen and oxygen atoms in total. The SMILES string of the molecule is O=C(O)[C@@]1(O)C[C@@H](O)[C@@H](O)[C@@H]([C@H](O)[C@H](O)CO)O1. The average Bonchev–Trinajstić information content (AvgIpc) is 2.31. The van der Waals surface area contributed by atoms with Crippen molar-refractivity contribution in [1.82, 2.24) is 0 Å². The van der Waals surface area contributed by atoms with Gasteiger partial charge in [-0.2, -0.15) is 0 Å². The van der Waals surface area contributed by atoms with E-state index in [0.29, 0.717) is 0 Å². The molecule has 0 aromatic rings. The highest BCUT2D eigenvalue weighted by atomic mass is 16.7. The van der Waals surface area contributed by atoms with Crippen molar-refractivity contribution in [2.24, 2.45) is 0 Å². The van der Waals surface area contributed by atoms with E-state index in [2.05, 4.69) is 4.74 Å².